The summed E-state index contributed by atoms with van der Waals surface area (Å²) in [5.74, 6) is 0. The lowest BCUT2D eigenvalue weighted by Gasteiger charge is -1.99. The van der Waals surface area contributed by atoms with Crippen LogP contribution < -0.4 is 0 Å². The van der Waals surface area contributed by atoms with E-state index >= 15 is 0 Å². The van der Waals surface area contributed by atoms with Crippen LogP contribution in [0.25, 0.3) is 10.9 Å². The molecule has 68 valence electrons. The summed E-state index contributed by atoms with van der Waals surface area (Å²) < 4.78 is 0. The van der Waals surface area contributed by atoms with Gasteiger partial charge in [-0.25, -0.2) is 4.98 Å². The Morgan fingerprint density at radius 3 is 2.69 bits per heavy atom. The van der Waals surface area contributed by atoms with Gasteiger partial charge in [-0.3, -0.25) is 0 Å². The highest BCUT2D eigenvalue weighted by atomic mass is 35.5. The molecule has 0 unspecified atom stereocenters. The number of aromatic nitrogens is 1. The first-order valence-electron chi connectivity index (χ1n) is 3.79. The molecule has 0 bridgehead atoms. The van der Waals surface area contributed by atoms with Gasteiger partial charge < -0.3 is 0 Å². The number of rotatable bonds is 0. The van der Waals surface area contributed by atoms with Crippen molar-refractivity contribution in [1.82, 2.24) is 4.98 Å². The molecule has 0 aliphatic heterocycles. The number of para-hydroxylation sites is 1. The Labute approximate surface area is 88.2 Å². The minimum absolute atomic E-state index is 0. The molecule has 0 N–H and O–H groups in total. The van der Waals surface area contributed by atoms with E-state index in [9.17, 15) is 0 Å². The molecular formula is C10H9Cl2N. The molecule has 0 saturated carbocycles. The number of hydrogen-bond donors (Lipinski definition) is 0. The molecule has 0 saturated heterocycles. The van der Waals surface area contributed by atoms with Gasteiger partial charge in [-0.05, 0) is 24.6 Å². The van der Waals surface area contributed by atoms with E-state index in [0.717, 1.165) is 16.5 Å². The number of halogens is 2. The molecular weight excluding hydrogens is 205 g/mol. The van der Waals surface area contributed by atoms with Gasteiger partial charge in [0, 0.05) is 5.39 Å². The summed E-state index contributed by atoms with van der Waals surface area (Å²) in [5.41, 5.74) is 2.15. The van der Waals surface area contributed by atoms with Crippen molar-refractivity contribution in [2.45, 2.75) is 6.92 Å². The maximum atomic E-state index is 5.78. The van der Waals surface area contributed by atoms with Gasteiger partial charge in [-0.15, -0.1) is 12.4 Å². The highest BCUT2D eigenvalue weighted by Gasteiger charge is 1.97. The summed E-state index contributed by atoms with van der Waals surface area (Å²) in [5, 5.41) is 1.69. The number of benzene rings is 1. The molecule has 1 nitrogen and oxygen atoms in total. The highest BCUT2D eigenvalue weighted by Crippen LogP contribution is 2.17. The lowest BCUT2D eigenvalue weighted by molar-refractivity contribution is 1.37. The molecule has 0 fully saturated rings. The van der Waals surface area contributed by atoms with Gasteiger partial charge >= 0.3 is 0 Å². The molecule has 0 amide bonds. The van der Waals surface area contributed by atoms with Crippen molar-refractivity contribution >= 4 is 34.9 Å². The van der Waals surface area contributed by atoms with Crippen molar-refractivity contribution < 1.29 is 0 Å². The number of fused-ring (bicyclic) bond motifs is 1. The summed E-state index contributed by atoms with van der Waals surface area (Å²) in [7, 11) is 0. The van der Waals surface area contributed by atoms with E-state index in [1.54, 1.807) is 0 Å². The number of aryl methyl sites for hydroxylation is 1. The molecule has 0 spiro atoms. The largest absolute Gasteiger partial charge is 0.236 e. The third-order valence-electron chi connectivity index (χ3n) is 1.89. The second-order valence-electron chi connectivity index (χ2n) is 2.78. The number of hydrogen-bond acceptors (Lipinski definition) is 1. The minimum atomic E-state index is 0. The van der Waals surface area contributed by atoms with Crippen LogP contribution in [-0.4, -0.2) is 4.98 Å². The first-order chi connectivity index (χ1) is 5.77. The van der Waals surface area contributed by atoms with Crippen LogP contribution in [0, 0.1) is 6.92 Å². The molecule has 1 heterocycles. The third-order valence-corrected chi connectivity index (χ3v) is 2.10. The van der Waals surface area contributed by atoms with E-state index in [4.69, 9.17) is 11.6 Å². The molecule has 1 aromatic heterocycles. The van der Waals surface area contributed by atoms with Crippen LogP contribution in [0.15, 0.2) is 30.3 Å². The quantitative estimate of drug-likeness (QED) is 0.610. The van der Waals surface area contributed by atoms with E-state index < -0.39 is 0 Å². The van der Waals surface area contributed by atoms with Crippen molar-refractivity contribution in [3.05, 3.63) is 41.0 Å². The smallest absolute Gasteiger partial charge is 0.129 e. The zero-order chi connectivity index (χ0) is 8.55. The van der Waals surface area contributed by atoms with Crippen molar-refractivity contribution in [3.8, 4) is 0 Å². The van der Waals surface area contributed by atoms with Crippen LogP contribution in [-0.2, 0) is 0 Å². The van der Waals surface area contributed by atoms with E-state index in [0.29, 0.717) is 5.15 Å². The average Bonchev–Trinajstić information content (AvgIpc) is 2.07. The SMILES string of the molecule is Cc1cccc2ccc(Cl)nc12.Cl. The Morgan fingerprint density at radius 2 is 1.92 bits per heavy atom. The summed E-state index contributed by atoms with van der Waals surface area (Å²) >= 11 is 5.78. The fourth-order valence-electron chi connectivity index (χ4n) is 1.27. The summed E-state index contributed by atoms with van der Waals surface area (Å²) in [6, 6.07) is 9.88. The Bertz CT molecular complexity index is 426. The molecule has 0 radical (unpaired) electrons. The predicted octanol–water partition coefficient (Wildman–Crippen LogP) is 3.62. The maximum absolute atomic E-state index is 5.78. The molecule has 2 aromatic rings. The third kappa shape index (κ3) is 1.93. The van der Waals surface area contributed by atoms with Crippen molar-refractivity contribution in [1.29, 1.82) is 0 Å². The van der Waals surface area contributed by atoms with Crippen molar-refractivity contribution in [2.75, 3.05) is 0 Å². The van der Waals surface area contributed by atoms with Gasteiger partial charge in [0.2, 0.25) is 0 Å². The second-order valence-corrected chi connectivity index (χ2v) is 3.17. The second kappa shape index (κ2) is 3.95. The zero-order valence-corrected chi connectivity index (χ0v) is 8.69. The van der Waals surface area contributed by atoms with Gasteiger partial charge in [0.25, 0.3) is 0 Å². The average molecular weight is 214 g/mol. The Balaban J connectivity index is 0.000000845. The van der Waals surface area contributed by atoms with Crippen LogP contribution >= 0.6 is 24.0 Å². The fourth-order valence-corrected chi connectivity index (χ4v) is 1.42. The van der Waals surface area contributed by atoms with E-state index in [-0.39, 0.29) is 12.4 Å². The molecule has 0 atom stereocenters. The first-order valence-corrected chi connectivity index (χ1v) is 4.17. The fraction of sp³-hybridized carbons (Fsp3) is 0.100. The van der Waals surface area contributed by atoms with Crippen LogP contribution in [0.5, 0.6) is 0 Å². The lowest BCUT2D eigenvalue weighted by atomic mass is 10.1. The molecule has 1 aromatic carbocycles. The summed E-state index contributed by atoms with van der Waals surface area (Å²) in [4.78, 5) is 4.24. The zero-order valence-electron chi connectivity index (χ0n) is 7.12. The number of pyridine rings is 1. The highest BCUT2D eigenvalue weighted by molar-refractivity contribution is 6.29. The van der Waals surface area contributed by atoms with Crippen molar-refractivity contribution in [3.63, 3.8) is 0 Å². The van der Waals surface area contributed by atoms with Crippen LogP contribution in [0.3, 0.4) is 0 Å². The van der Waals surface area contributed by atoms with E-state index in [1.807, 2.05) is 37.3 Å². The van der Waals surface area contributed by atoms with Crippen molar-refractivity contribution in [2.24, 2.45) is 0 Å². The predicted molar refractivity (Wildman–Crippen MR) is 58.7 cm³/mol. The normalized spacial score (nSPS) is 9.69. The summed E-state index contributed by atoms with van der Waals surface area (Å²) in [6.07, 6.45) is 0. The Morgan fingerprint density at radius 1 is 1.15 bits per heavy atom. The van der Waals surface area contributed by atoms with Gasteiger partial charge in [0.15, 0.2) is 0 Å². The van der Waals surface area contributed by atoms with Crippen LogP contribution in [0.4, 0.5) is 0 Å². The molecule has 13 heavy (non-hydrogen) atoms. The molecule has 2 rings (SSSR count). The van der Waals surface area contributed by atoms with Crippen LogP contribution in [0.1, 0.15) is 5.56 Å². The molecule has 0 aliphatic rings. The number of nitrogens with zero attached hydrogens (tertiary/aromatic N) is 1. The van der Waals surface area contributed by atoms with E-state index in [2.05, 4.69) is 4.98 Å². The van der Waals surface area contributed by atoms with Gasteiger partial charge in [-0.2, -0.15) is 0 Å². The maximum Gasteiger partial charge on any atom is 0.129 e. The molecule has 3 heteroatoms. The van der Waals surface area contributed by atoms with Gasteiger partial charge in [-0.1, -0.05) is 29.8 Å². The lowest BCUT2D eigenvalue weighted by Crippen LogP contribution is -1.82. The standard InChI is InChI=1S/C10H8ClN.ClH/c1-7-3-2-4-8-5-6-9(11)12-10(7)8;/h2-6H,1H3;1H. The van der Waals surface area contributed by atoms with Gasteiger partial charge in [0.1, 0.15) is 5.15 Å². The first kappa shape index (κ1) is 10.3. The minimum Gasteiger partial charge on any atom is -0.236 e. The Kier molecular flexibility index (Phi) is 3.12. The van der Waals surface area contributed by atoms with Gasteiger partial charge in [0.05, 0.1) is 5.52 Å². The van der Waals surface area contributed by atoms with E-state index in [1.165, 1.54) is 0 Å². The Hall–Kier alpha value is -0.790. The summed E-state index contributed by atoms with van der Waals surface area (Å²) in [6.45, 7) is 2.03. The topological polar surface area (TPSA) is 12.9 Å². The monoisotopic (exact) mass is 213 g/mol. The molecule has 0 aliphatic carbocycles. The van der Waals surface area contributed by atoms with Crippen LogP contribution in [0.2, 0.25) is 5.15 Å².